The molecule has 1 saturated heterocycles. The van der Waals surface area contributed by atoms with E-state index in [1.165, 1.54) is 10.9 Å². The van der Waals surface area contributed by atoms with Gasteiger partial charge in [-0.05, 0) is 6.07 Å². The van der Waals surface area contributed by atoms with Gasteiger partial charge in [-0.1, -0.05) is 12.1 Å². The number of nitrogens with zero attached hydrogens (tertiary/aromatic N) is 4. The van der Waals surface area contributed by atoms with Gasteiger partial charge in [-0.15, -0.1) is 0 Å². The molecule has 0 bridgehead atoms. The average molecular weight is 447 g/mol. The summed E-state index contributed by atoms with van der Waals surface area (Å²) in [5.74, 6) is 9.24. The third-order valence-electron chi connectivity index (χ3n) is 7.27. The minimum atomic E-state index is -0.325. The van der Waals surface area contributed by atoms with Crippen LogP contribution in [0.2, 0.25) is 0 Å². The van der Waals surface area contributed by atoms with Crippen molar-refractivity contribution in [2.24, 2.45) is 0 Å². The molecular weight excluding hydrogens is 419 g/mol. The van der Waals surface area contributed by atoms with Gasteiger partial charge in [-0.3, -0.25) is 0 Å². The quantitative estimate of drug-likeness (QED) is 0.412. The first kappa shape index (κ1) is 20.2. The van der Waals surface area contributed by atoms with E-state index in [0.717, 1.165) is 78.8 Å². The van der Waals surface area contributed by atoms with Crippen molar-refractivity contribution in [2.75, 3.05) is 41.5 Å². The van der Waals surface area contributed by atoms with E-state index >= 15 is 0 Å². The number of aliphatic hydroxyl groups excluding tert-OH is 1. The number of benzene rings is 1. The summed E-state index contributed by atoms with van der Waals surface area (Å²) in [6, 6.07) is 8.36. The third kappa shape index (κ3) is 3.33. The Labute approximate surface area is 191 Å². The molecule has 1 aromatic carbocycles. The molecule has 1 radical (unpaired) electrons. The maximum atomic E-state index is 9.81. The Hall–Kier alpha value is -2.39. The van der Waals surface area contributed by atoms with Crippen LogP contribution in [-0.4, -0.2) is 57.5 Å². The molecule has 2 aliphatic heterocycles. The molecule has 7 nitrogen and oxygen atoms in total. The van der Waals surface area contributed by atoms with Gasteiger partial charge in [0, 0.05) is 0 Å². The molecule has 2 fully saturated rings. The summed E-state index contributed by atoms with van der Waals surface area (Å²) < 4.78 is 1.75. The molecule has 0 amide bonds. The molecule has 3 aliphatic rings. The Balaban J connectivity index is 1.25. The molecule has 1 unspecified atom stereocenters. The number of hydrogen-bond acceptors (Lipinski definition) is 6. The van der Waals surface area contributed by atoms with E-state index in [0.29, 0.717) is 5.92 Å². The van der Waals surface area contributed by atoms with E-state index in [9.17, 15) is 5.11 Å². The van der Waals surface area contributed by atoms with Crippen LogP contribution in [0.15, 0.2) is 35.4 Å². The number of rotatable bonds is 5. The summed E-state index contributed by atoms with van der Waals surface area (Å²) in [6.45, 7) is 8.35. The van der Waals surface area contributed by atoms with Crippen LogP contribution in [0.3, 0.4) is 0 Å². The van der Waals surface area contributed by atoms with Crippen molar-refractivity contribution in [2.45, 2.75) is 48.5 Å². The van der Waals surface area contributed by atoms with Gasteiger partial charge >= 0.3 is 167 Å². The van der Waals surface area contributed by atoms with Crippen LogP contribution in [0.1, 0.15) is 42.9 Å². The fraction of sp³-hybridized carbons (Fsp3) is 0.478. The molecule has 4 heterocycles. The van der Waals surface area contributed by atoms with Crippen LogP contribution in [0.25, 0.3) is 10.9 Å². The van der Waals surface area contributed by atoms with Gasteiger partial charge in [0.05, 0.1) is 0 Å². The van der Waals surface area contributed by atoms with Crippen LogP contribution in [-0.2, 0) is 6.42 Å². The van der Waals surface area contributed by atoms with Crippen molar-refractivity contribution in [1.82, 2.24) is 14.6 Å². The predicted octanol–water partition coefficient (Wildman–Crippen LogP) is 2.73. The molecule has 1 saturated carbocycles. The van der Waals surface area contributed by atoms with Crippen LogP contribution in [0, 0.1) is 0 Å². The number of aryl methyl sites for hydroxylation is 1. The molecule has 32 heavy (non-hydrogen) atoms. The zero-order valence-corrected chi connectivity index (χ0v) is 18.9. The number of fused-ring (bicyclic) bond motifs is 2. The molecule has 9 heteroatoms. The molecule has 6 rings (SSSR count). The van der Waals surface area contributed by atoms with Gasteiger partial charge in [-0.2, -0.15) is 0 Å². The summed E-state index contributed by atoms with van der Waals surface area (Å²) in [5.41, 5.74) is 3.27. The van der Waals surface area contributed by atoms with Gasteiger partial charge in [0.25, 0.3) is 0 Å². The van der Waals surface area contributed by atoms with Crippen LogP contribution in [0.4, 0.5) is 11.8 Å². The first-order valence-electron chi connectivity index (χ1n) is 11.4. The van der Waals surface area contributed by atoms with Crippen LogP contribution < -0.4 is 16.1 Å². The number of para-hydroxylation sites is 1. The number of nitrogens with one attached hydrogen (secondary N) is 1. The van der Waals surface area contributed by atoms with E-state index in [1.54, 1.807) is 4.68 Å². The molecule has 1 aliphatic carbocycles. The Morgan fingerprint density at radius 3 is 2.75 bits per heavy atom. The summed E-state index contributed by atoms with van der Waals surface area (Å²) in [5, 5.41) is 14.6. The number of nitrogens with two attached hydrogens (primary N) is 1. The van der Waals surface area contributed by atoms with E-state index in [-0.39, 0.29) is 22.5 Å². The van der Waals surface area contributed by atoms with E-state index in [2.05, 4.69) is 34.6 Å². The number of nitrogen functional groups attached to an aromatic ring is 1. The maximum absolute atomic E-state index is 9.81. The van der Waals surface area contributed by atoms with Gasteiger partial charge in [0.15, 0.2) is 0 Å². The predicted molar refractivity (Wildman–Crippen MR) is 131 cm³/mol. The van der Waals surface area contributed by atoms with Gasteiger partial charge < -0.3 is 5.84 Å². The monoisotopic (exact) mass is 447 g/mol. The summed E-state index contributed by atoms with van der Waals surface area (Å²) in [7, 11) is -0.325. The fourth-order valence-electron chi connectivity index (χ4n) is 5.14. The van der Waals surface area contributed by atoms with E-state index in [1.807, 2.05) is 6.07 Å². The van der Waals surface area contributed by atoms with Crippen molar-refractivity contribution in [3.8, 4) is 0 Å². The zero-order valence-electron chi connectivity index (χ0n) is 18.1. The molecule has 4 N–H and O–H groups in total. The third-order valence-corrected chi connectivity index (χ3v) is 8.87. The summed E-state index contributed by atoms with van der Waals surface area (Å²) in [4.78, 5) is 13.2. The van der Waals surface area contributed by atoms with Gasteiger partial charge in [0.2, 0.25) is 0 Å². The number of hydrogen-bond donors (Lipinski definition) is 3. The molecule has 165 valence electrons. The SMILES string of the molecule is [B]=S1CCc2nc(N3CCC(c4cn(N)c5ccccc45)CC3)nc(NC3(CO)CC3)c21. The van der Waals surface area contributed by atoms with Crippen LogP contribution >= 0.6 is 10.3 Å². The first-order chi connectivity index (χ1) is 15.6. The Bertz CT molecular complexity index is 1210. The average Bonchev–Trinajstić information content (AvgIpc) is 3.38. The normalized spacial score (nSPS) is 22.2. The molecular formula is C23H28BN6OS. The van der Waals surface area contributed by atoms with Crippen molar-refractivity contribution >= 4 is 39.7 Å². The number of piperidine rings is 1. The zero-order chi connectivity index (χ0) is 21.9. The van der Waals surface area contributed by atoms with Crippen molar-refractivity contribution in [3.05, 3.63) is 41.7 Å². The molecule has 1 atom stereocenters. The fourth-order valence-corrected chi connectivity index (χ4v) is 6.55. The van der Waals surface area contributed by atoms with E-state index < -0.39 is 0 Å². The summed E-state index contributed by atoms with van der Waals surface area (Å²) >= 11 is 0. The number of aromatic nitrogens is 3. The topological polar surface area (TPSA) is 92.2 Å². The van der Waals surface area contributed by atoms with Crippen molar-refractivity contribution in [3.63, 3.8) is 0 Å². The standard InChI is InChI=1S/C23H28BN6OS/c24-32-12-7-18-20(32)21(28-23(14-31)8-9-23)27-22(26-18)29-10-5-15(6-11-29)17-13-30(25)19-4-2-1-3-16(17)19/h1-4,13,15,31H,5-12,14,25H2,(H,26,27,28). The second-order valence-electron chi connectivity index (χ2n) is 9.36. The van der Waals surface area contributed by atoms with Crippen molar-refractivity contribution < 1.29 is 5.11 Å². The Morgan fingerprint density at radius 1 is 1.22 bits per heavy atom. The molecule has 2 aromatic heterocycles. The van der Waals surface area contributed by atoms with Crippen molar-refractivity contribution in [1.29, 1.82) is 0 Å². The second kappa shape index (κ2) is 7.59. The second-order valence-corrected chi connectivity index (χ2v) is 11.0. The number of aliphatic hydroxyl groups is 1. The molecule has 3 aromatic rings. The first-order valence-corrected chi connectivity index (χ1v) is 12.9. The minimum absolute atomic E-state index is 0.125. The number of anilines is 2. The van der Waals surface area contributed by atoms with Gasteiger partial charge in [0.1, 0.15) is 0 Å². The Morgan fingerprint density at radius 2 is 2.00 bits per heavy atom. The Kier molecular flexibility index (Phi) is 4.80. The van der Waals surface area contributed by atoms with Gasteiger partial charge in [-0.25, -0.2) is 0 Å². The summed E-state index contributed by atoms with van der Waals surface area (Å²) in [6.07, 6.45) is 7.01. The molecule has 0 spiro atoms. The van der Waals surface area contributed by atoms with E-state index in [4.69, 9.17) is 22.5 Å². The van der Waals surface area contributed by atoms with Crippen LogP contribution in [0.5, 0.6) is 0 Å².